The Hall–Kier alpha value is -1.55. The van der Waals surface area contributed by atoms with E-state index in [1.165, 1.54) is 10.9 Å². The molecule has 0 radical (unpaired) electrons. The minimum Gasteiger partial charge on any atom is -0.379 e. The zero-order valence-electron chi connectivity index (χ0n) is 10.5. The highest BCUT2D eigenvalue weighted by Gasteiger charge is 2.03. The van der Waals surface area contributed by atoms with Crippen LogP contribution in [0, 0.1) is 0 Å². The van der Waals surface area contributed by atoms with Crippen molar-refractivity contribution in [1.29, 1.82) is 0 Å². The van der Waals surface area contributed by atoms with Gasteiger partial charge in [0.2, 0.25) is 0 Å². The molecule has 1 aromatic heterocycles. The van der Waals surface area contributed by atoms with E-state index >= 15 is 0 Å². The molecule has 2 N–H and O–H groups in total. The number of aliphatic imine (C=N–C) groups is 1. The van der Waals surface area contributed by atoms with Gasteiger partial charge in [-0.25, -0.2) is 0 Å². The lowest BCUT2D eigenvalue weighted by molar-refractivity contribution is 0.934. The number of aromatic nitrogens is 1. The highest BCUT2D eigenvalue weighted by atomic mass is 32.2. The molecule has 0 amide bonds. The molecule has 0 spiro atoms. The van der Waals surface area contributed by atoms with Gasteiger partial charge >= 0.3 is 0 Å². The Morgan fingerprint density at radius 2 is 2.17 bits per heavy atom. The number of pyridine rings is 1. The fourth-order valence-corrected chi connectivity index (χ4v) is 2.42. The molecular weight excluding hydrogens is 242 g/mol. The molecule has 3 nitrogen and oxygen atoms in total. The molecule has 1 heterocycles. The van der Waals surface area contributed by atoms with Gasteiger partial charge in [0, 0.05) is 23.9 Å². The van der Waals surface area contributed by atoms with Crippen LogP contribution < -0.4 is 5.73 Å². The maximum Gasteiger partial charge on any atom is 0.154 e. The zero-order chi connectivity index (χ0) is 12.8. The average Bonchev–Trinajstić information content (AvgIpc) is 2.42. The zero-order valence-corrected chi connectivity index (χ0v) is 11.3. The Balaban J connectivity index is 2.12. The van der Waals surface area contributed by atoms with Gasteiger partial charge in [0.15, 0.2) is 5.17 Å². The number of nitrogens with two attached hydrogens (primary N) is 1. The van der Waals surface area contributed by atoms with Gasteiger partial charge < -0.3 is 5.73 Å². The lowest BCUT2D eigenvalue weighted by atomic mass is 10.1. The first kappa shape index (κ1) is 12.9. The summed E-state index contributed by atoms with van der Waals surface area (Å²) in [5.74, 6) is 0.813. The van der Waals surface area contributed by atoms with Crippen LogP contribution in [0.5, 0.6) is 0 Å². The molecule has 0 saturated carbocycles. The van der Waals surface area contributed by atoms with Gasteiger partial charge in [-0.2, -0.15) is 0 Å². The molecule has 2 rings (SSSR count). The van der Waals surface area contributed by atoms with Crippen molar-refractivity contribution < 1.29 is 0 Å². The predicted octanol–water partition coefficient (Wildman–Crippen LogP) is 3.19. The standard InChI is InChI=1S/C14H17N3S/c1-2-8-17-14(15)18-10-12-6-3-5-11-7-4-9-16-13(11)12/h3-7,9H,2,8,10H2,1H3,(H2,15,17). The van der Waals surface area contributed by atoms with Crippen molar-refractivity contribution in [1.82, 2.24) is 4.98 Å². The summed E-state index contributed by atoms with van der Waals surface area (Å²) in [6.07, 6.45) is 2.85. The van der Waals surface area contributed by atoms with Crippen LogP contribution in [0.3, 0.4) is 0 Å². The maximum absolute atomic E-state index is 5.84. The first-order chi connectivity index (χ1) is 8.81. The van der Waals surface area contributed by atoms with Gasteiger partial charge in [0.25, 0.3) is 0 Å². The Bertz CT molecular complexity index is 546. The number of benzene rings is 1. The van der Waals surface area contributed by atoms with Gasteiger partial charge in [-0.05, 0) is 18.1 Å². The lowest BCUT2D eigenvalue weighted by Crippen LogP contribution is -2.07. The number of para-hydroxylation sites is 1. The van der Waals surface area contributed by atoms with Crippen LogP contribution in [0.15, 0.2) is 41.5 Å². The smallest absolute Gasteiger partial charge is 0.154 e. The summed E-state index contributed by atoms with van der Waals surface area (Å²) in [6, 6.07) is 10.3. The van der Waals surface area contributed by atoms with Crippen LogP contribution in [-0.2, 0) is 5.75 Å². The number of amidine groups is 1. The number of thioether (sulfide) groups is 1. The van der Waals surface area contributed by atoms with Gasteiger partial charge in [0.1, 0.15) is 0 Å². The van der Waals surface area contributed by atoms with Crippen molar-refractivity contribution in [3.05, 3.63) is 42.1 Å². The minimum atomic E-state index is 0.657. The SMILES string of the molecule is CCCN=C(N)SCc1cccc2cccnc12. The topological polar surface area (TPSA) is 51.3 Å². The molecule has 0 bridgehead atoms. The van der Waals surface area contributed by atoms with Crippen molar-refractivity contribution in [3.8, 4) is 0 Å². The van der Waals surface area contributed by atoms with Crippen molar-refractivity contribution >= 4 is 27.8 Å². The van der Waals surface area contributed by atoms with E-state index in [2.05, 4.69) is 41.2 Å². The Morgan fingerprint density at radius 3 is 3.00 bits per heavy atom. The Labute approximate surface area is 112 Å². The van der Waals surface area contributed by atoms with E-state index in [0.29, 0.717) is 5.17 Å². The summed E-state index contributed by atoms with van der Waals surface area (Å²) in [4.78, 5) is 8.70. The average molecular weight is 259 g/mol. The van der Waals surface area contributed by atoms with Crippen LogP contribution in [-0.4, -0.2) is 16.7 Å². The molecular formula is C14H17N3S. The molecule has 0 saturated heterocycles. The van der Waals surface area contributed by atoms with Crippen molar-refractivity contribution in [2.75, 3.05) is 6.54 Å². The fraction of sp³-hybridized carbons (Fsp3) is 0.286. The monoisotopic (exact) mass is 259 g/mol. The summed E-state index contributed by atoms with van der Waals surface area (Å²) in [6.45, 7) is 2.89. The predicted molar refractivity (Wildman–Crippen MR) is 79.8 cm³/mol. The molecule has 94 valence electrons. The van der Waals surface area contributed by atoms with Crippen molar-refractivity contribution in [3.63, 3.8) is 0 Å². The maximum atomic E-state index is 5.84. The molecule has 4 heteroatoms. The number of nitrogens with zero attached hydrogens (tertiary/aromatic N) is 2. The third-order valence-electron chi connectivity index (χ3n) is 2.58. The summed E-state index contributed by atoms with van der Waals surface area (Å²) >= 11 is 1.57. The first-order valence-corrected chi connectivity index (χ1v) is 7.05. The van der Waals surface area contributed by atoms with Gasteiger partial charge in [-0.1, -0.05) is 43.0 Å². The Morgan fingerprint density at radius 1 is 1.33 bits per heavy atom. The van der Waals surface area contributed by atoms with E-state index in [0.717, 1.165) is 24.2 Å². The second-order valence-corrected chi connectivity index (χ2v) is 5.00. The van der Waals surface area contributed by atoms with Gasteiger partial charge in [0.05, 0.1) is 5.52 Å². The van der Waals surface area contributed by atoms with Crippen molar-refractivity contribution in [2.24, 2.45) is 10.7 Å². The molecule has 0 aliphatic rings. The number of fused-ring (bicyclic) bond motifs is 1. The lowest BCUT2D eigenvalue weighted by Gasteiger charge is -2.05. The van der Waals surface area contributed by atoms with Gasteiger partial charge in [-0.3, -0.25) is 9.98 Å². The molecule has 0 fully saturated rings. The molecule has 1 aromatic carbocycles. The minimum absolute atomic E-state index is 0.657. The highest BCUT2D eigenvalue weighted by molar-refractivity contribution is 8.13. The number of hydrogen-bond acceptors (Lipinski definition) is 3. The van der Waals surface area contributed by atoms with E-state index < -0.39 is 0 Å². The summed E-state index contributed by atoms with van der Waals surface area (Å²) in [7, 11) is 0. The largest absolute Gasteiger partial charge is 0.379 e. The normalized spacial score (nSPS) is 11.9. The van der Waals surface area contributed by atoms with Crippen LogP contribution >= 0.6 is 11.8 Å². The molecule has 18 heavy (non-hydrogen) atoms. The molecule has 0 aliphatic carbocycles. The van der Waals surface area contributed by atoms with Crippen LogP contribution in [0.25, 0.3) is 10.9 Å². The van der Waals surface area contributed by atoms with E-state index in [1.54, 1.807) is 11.8 Å². The van der Waals surface area contributed by atoms with E-state index in [1.807, 2.05) is 12.3 Å². The van der Waals surface area contributed by atoms with E-state index in [9.17, 15) is 0 Å². The molecule has 0 atom stereocenters. The molecule has 0 aliphatic heterocycles. The third-order valence-corrected chi connectivity index (χ3v) is 3.46. The second-order valence-electron chi connectivity index (χ2n) is 4.00. The molecule has 2 aromatic rings. The highest BCUT2D eigenvalue weighted by Crippen LogP contribution is 2.20. The third kappa shape index (κ3) is 3.23. The fourth-order valence-electron chi connectivity index (χ4n) is 1.70. The quantitative estimate of drug-likeness (QED) is 0.677. The molecule has 0 unspecified atom stereocenters. The number of hydrogen-bond donors (Lipinski definition) is 1. The van der Waals surface area contributed by atoms with E-state index in [-0.39, 0.29) is 0 Å². The summed E-state index contributed by atoms with van der Waals surface area (Å²) in [5, 5.41) is 1.82. The van der Waals surface area contributed by atoms with Crippen molar-refractivity contribution in [2.45, 2.75) is 19.1 Å². The number of rotatable bonds is 4. The first-order valence-electron chi connectivity index (χ1n) is 6.06. The van der Waals surface area contributed by atoms with Crippen LogP contribution in [0.4, 0.5) is 0 Å². The Kier molecular flexibility index (Phi) is 4.59. The van der Waals surface area contributed by atoms with Crippen LogP contribution in [0.1, 0.15) is 18.9 Å². The summed E-state index contributed by atoms with van der Waals surface area (Å²) in [5.41, 5.74) is 8.10. The van der Waals surface area contributed by atoms with E-state index in [4.69, 9.17) is 5.73 Å². The summed E-state index contributed by atoms with van der Waals surface area (Å²) < 4.78 is 0. The van der Waals surface area contributed by atoms with Gasteiger partial charge in [-0.15, -0.1) is 0 Å². The van der Waals surface area contributed by atoms with Crippen LogP contribution in [0.2, 0.25) is 0 Å². The second kappa shape index (κ2) is 6.40.